The van der Waals surface area contributed by atoms with Gasteiger partial charge in [-0.3, -0.25) is 14.9 Å². The Balaban J connectivity index is 1.70. The van der Waals surface area contributed by atoms with E-state index in [4.69, 9.17) is 21.1 Å². The number of halogens is 1. The summed E-state index contributed by atoms with van der Waals surface area (Å²) in [6, 6.07) is 9.90. The lowest BCUT2D eigenvalue weighted by Gasteiger charge is -2.16. The Morgan fingerprint density at radius 2 is 2.09 bits per heavy atom. The predicted molar refractivity (Wildman–Crippen MR) is 127 cm³/mol. The third-order valence-corrected chi connectivity index (χ3v) is 6.09. The molecule has 0 spiro atoms. The van der Waals surface area contributed by atoms with Gasteiger partial charge in [-0.2, -0.15) is 0 Å². The fourth-order valence-electron chi connectivity index (χ4n) is 3.98. The second-order valence-corrected chi connectivity index (χ2v) is 8.50. The van der Waals surface area contributed by atoms with Crippen molar-refractivity contribution in [1.82, 2.24) is 9.88 Å². The number of nitrogens with zero attached hydrogens (tertiary/aromatic N) is 3. The maximum atomic E-state index is 13.5. The highest BCUT2D eigenvalue weighted by atomic mass is 35.5. The van der Waals surface area contributed by atoms with Gasteiger partial charge in [0.15, 0.2) is 0 Å². The van der Waals surface area contributed by atoms with Crippen molar-refractivity contribution in [3.05, 3.63) is 57.8 Å². The van der Waals surface area contributed by atoms with Crippen LogP contribution in [0.4, 0.5) is 11.4 Å². The normalized spacial score (nSPS) is 15.2. The van der Waals surface area contributed by atoms with E-state index >= 15 is 0 Å². The van der Waals surface area contributed by atoms with Crippen LogP contribution in [0.15, 0.2) is 36.4 Å². The molecule has 1 aliphatic heterocycles. The van der Waals surface area contributed by atoms with Gasteiger partial charge in [-0.15, -0.1) is 11.6 Å². The number of benzene rings is 2. The standard InChI is InChI=1S/C23H25ClN4O5/c1-26(2)6-7-33-21-11-17(32-3)8-14-9-19(25-22(14)21)23(29)27-13-15(12-24)18-5-4-16(28(30)31)10-20(18)27/h4-5,8-11,15,25H,6-7,12-13H2,1-3H3. The van der Waals surface area contributed by atoms with Gasteiger partial charge in [-0.25, -0.2) is 0 Å². The molecule has 1 aromatic heterocycles. The summed E-state index contributed by atoms with van der Waals surface area (Å²) in [6.07, 6.45) is 0. The molecule has 2 heterocycles. The van der Waals surface area contributed by atoms with Crippen LogP contribution in [0.1, 0.15) is 22.0 Å². The van der Waals surface area contributed by atoms with Crippen LogP contribution in [0.5, 0.6) is 11.5 Å². The van der Waals surface area contributed by atoms with Crippen LogP contribution in [0, 0.1) is 10.1 Å². The van der Waals surface area contributed by atoms with Gasteiger partial charge in [0.25, 0.3) is 11.6 Å². The fourth-order valence-corrected chi connectivity index (χ4v) is 4.24. The monoisotopic (exact) mass is 472 g/mol. The number of amides is 1. The Hall–Kier alpha value is -3.30. The second kappa shape index (κ2) is 9.29. The summed E-state index contributed by atoms with van der Waals surface area (Å²) in [6.45, 7) is 1.55. The number of nitrogens with one attached hydrogen (secondary N) is 1. The predicted octanol–water partition coefficient (Wildman–Crippen LogP) is 4.01. The number of aromatic nitrogens is 1. The van der Waals surface area contributed by atoms with E-state index < -0.39 is 4.92 Å². The maximum Gasteiger partial charge on any atom is 0.274 e. The number of nitro benzene ring substituents is 1. The van der Waals surface area contributed by atoms with Crippen LogP contribution < -0.4 is 14.4 Å². The van der Waals surface area contributed by atoms with Gasteiger partial charge < -0.3 is 24.3 Å². The molecule has 1 N–H and O–H groups in total. The number of carbonyl (C=O) groups is 1. The number of methoxy groups -OCH3 is 1. The lowest BCUT2D eigenvalue weighted by Crippen LogP contribution is -2.30. The van der Waals surface area contributed by atoms with Gasteiger partial charge in [0.2, 0.25) is 0 Å². The molecule has 1 amide bonds. The number of anilines is 1. The van der Waals surface area contributed by atoms with Gasteiger partial charge in [0, 0.05) is 48.5 Å². The first-order valence-electron chi connectivity index (χ1n) is 10.5. The van der Waals surface area contributed by atoms with Crippen molar-refractivity contribution in [3.63, 3.8) is 0 Å². The van der Waals surface area contributed by atoms with Crippen molar-refractivity contribution < 1.29 is 19.2 Å². The molecule has 174 valence electrons. The van der Waals surface area contributed by atoms with Crippen LogP contribution in [0.2, 0.25) is 0 Å². The fraction of sp³-hybridized carbons (Fsp3) is 0.348. The average Bonchev–Trinajstić information content (AvgIpc) is 3.39. The number of non-ortho nitro benzene ring substituents is 1. The minimum atomic E-state index is -0.469. The second-order valence-electron chi connectivity index (χ2n) is 8.19. The smallest absolute Gasteiger partial charge is 0.274 e. The number of ether oxygens (including phenoxy) is 2. The topological polar surface area (TPSA) is 101 Å². The zero-order valence-electron chi connectivity index (χ0n) is 18.6. The molecule has 10 heteroatoms. The molecule has 3 aromatic rings. The molecule has 33 heavy (non-hydrogen) atoms. The third-order valence-electron chi connectivity index (χ3n) is 5.72. The summed E-state index contributed by atoms with van der Waals surface area (Å²) in [5, 5.41) is 12.1. The number of aromatic amines is 1. The lowest BCUT2D eigenvalue weighted by atomic mass is 10.0. The van der Waals surface area contributed by atoms with E-state index in [0.717, 1.165) is 17.5 Å². The number of hydrogen-bond acceptors (Lipinski definition) is 6. The van der Waals surface area contributed by atoms with Gasteiger partial charge in [0.1, 0.15) is 23.8 Å². The molecule has 0 radical (unpaired) electrons. The van der Waals surface area contributed by atoms with E-state index in [1.165, 1.54) is 12.1 Å². The minimum Gasteiger partial charge on any atom is -0.497 e. The maximum absolute atomic E-state index is 13.5. The number of carbonyl (C=O) groups excluding carboxylic acids is 1. The molecule has 1 unspecified atom stereocenters. The minimum absolute atomic E-state index is 0.0697. The number of fused-ring (bicyclic) bond motifs is 2. The summed E-state index contributed by atoms with van der Waals surface area (Å²) in [5.41, 5.74) is 2.31. The van der Waals surface area contributed by atoms with E-state index in [0.29, 0.717) is 47.4 Å². The van der Waals surface area contributed by atoms with Gasteiger partial charge in [-0.05, 0) is 37.9 Å². The molecule has 0 aliphatic carbocycles. The van der Waals surface area contributed by atoms with Crippen LogP contribution >= 0.6 is 11.6 Å². The van der Waals surface area contributed by atoms with Crippen molar-refractivity contribution in [2.24, 2.45) is 0 Å². The first kappa shape index (κ1) is 22.9. The molecule has 0 fully saturated rings. The number of alkyl halides is 1. The summed E-state index contributed by atoms with van der Waals surface area (Å²) < 4.78 is 11.3. The Bertz CT molecular complexity index is 1210. The largest absolute Gasteiger partial charge is 0.497 e. The highest BCUT2D eigenvalue weighted by Gasteiger charge is 2.34. The van der Waals surface area contributed by atoms with Crippen LogP contribution in [-0.4, -0.2) is 67.5 Å². The quantitative estimate of drug-likeness (QED) is 0.302. The zero-order chi connectivity index (χ0) is 23.7. The van der Waals surface area contributed by atoms with Gasteiger partial charge >= 0.3 is 0 Å². The van der Waals surface area contributed by atoms with E-state index in [-0.39, 0.29) is 17.5 Å². The molecule has 9 nitrogen and oxygen atoms in total. The van der Waals surface area contributed by atoms with Gasteiger partial charge in [0.05, 0.1) is 23.2 Å². The third kappa shape index (κ3) is 4.46. The van der Waals surface area contributed by atoms with E-state index in [2.05, 4.69) is 4.98 Å². The van der Waals surface area contributed by atoms with Crippen molar-refractivity contribution >= 4 is 39.8 Å². The van der Waals surface area contributed by atoms with Crippen molar-refractivity contribution in [1.29, 1.82) is 0 Å². The highest BCUT2D eigenvalue weighted by molar-refractivity contribution is 6.19. The zero-order valence-corrected chi connectivity index (χ0v) is 19.4. The highest BCUT2D eigenvalue weighted by Crippen LogP contribution is 2.40. The Morgan fingerprint density at radius 3 is 2.76 bits per heavy atom. The van der Waals surface area contributed by atoms with Gasteiger partial charge in [-0.1, -0.05) is 0 Å². The molecule has 0 saturated carbocycles. The molecule has 4 rings (SSSR count). The lowest BCUT2D eigenvalue weighted by molar-refractivity contribution is -0.384. The molecule has 0 saturated heterocycles. The number of rotatable bonds is 8. The number of nitro groups is 1. The van der Waals surface area contributed by atoms with E-state index in [9.17, 15) is 14.9 Å². The number of likely N-dealkylation sites (N-methyl/N-ethyl adjacent to an activating group) is 1. The van der Waals surface area contributed by atoms with Crippen molar-refractivity contribution in [3.8, 4) is 11.5 Å². The average molecular weight is 473 g/mol. The van der Waals surface area contributed by atoms with Crippen LogP contribution in [0.3, 0.4) is 0 Å². The summed E-state index contributed by atoms with van der Waals surface area (Å²) >= 11 is 6.13. The SMILES string of the molecule is COc1cc(OCCN(C)C)c2[nH]c(C(=O)N3CC(CCl)c4ccc([N+](=O)[O-])cc43)cc2c1. The van der Waals surface area contributed by atoms with Crippen molar-refractivity contribution in [2.75, 3.05) is 51.7 Å². The van der Waals surface area contributed by atoms with Crippen LogP contribution in [0.25, 0.3) is 10.9 Å². The molecule has 2 aromatic carbocycles. The first-order chi connectivity index (χ1) is 15.8. The Morgan fingerprint density at radius 1 is 1.30 bits per heavy atom. The molecular weight excluding hydrogens is 448 g/mol. The molecule has 1 aliphatic rings. The van der Waals surface area contributed by atoms with E-state index in [1.807, 2.05) is 25.1 Å². The Labute approximate surface area is 196 Å². The molecule has 1 atom stereocenters. The first-order valence-corrected chi connectivity index (χ1v) is 11.0. The number of hydrogen-bond donors (Lipinski definition) is 1. The molecular formula is C23H25ClN4O5. The Kier molecular flexibility index (Phi) is 6.44. The summed E-state index contributed by atoms with van der Waals surface area (Å²) in [7, 11) is 5.49. The van der Waals surface area contributed by atoms with Crippen molar-refractivity contribution in [2.45, 2.75) is 5.92 Å². The van der Waals surface area contributed by atoms with Crippen LogP contribution in [-0.2, 0) is 0 Å². The summed E-state index contributed by atoms with van der Waals surface area (Å²) in [4.78, 5) is 31.0. The molecule has 0 bridgehead atoms. The van der Waals surface area contributed by atoms with E-state index in [1.54, 1.807) is 30.2 Å². The number of H-pyrrole nitrogens is 1. The summed E-state index contributed by atoms with van der Waals surface area (Å²) in [5.74, 6) is 1.12.